The first-order valence-corrected chi connectivity index (χ1v) is 12.2. The Morgan fingerprint density at radius 1 is 0.892 bits per heavy atom. The van der Waals surface area contributed by atoms with Crippen LogP contribution in [0.4, 0.5) is 0 Å². The predicted molar refractivity (Wildman–Crippen MR) is 136 cm³/mol. The summed E-state index contributed by atoms with van der Waals surface area (Å²) in [6, 6.07) is 13.3. The number of carbonyl (C=O) groups excluding carboxylic acids is 1. The molecule has 1 atom stereocenters. The quantitative estimate of drug-likeness (QED) is 0.231. The molecule has 0 fully saturated rings. The summed E-state index contributed by atoms with van der Waals surface area (Å²) in [6.45, 7) is 0. The van der Waals surface area contributed by atoms with E-state index in [2.05, 4.69) is 24.9 Å². The molecule has 37 heavy (non-hydrogen) atoms. The van der Waals surface area contributed by atoms with Crippen molar-refractivity contribution in [2.24, 2.45) is 4.99 Å². The zero-order chi connectivity index (χ0) is 24.6. The molecular formula is C26H21N5O4SV. The maximum atomic E-state index is 11.4. The van der Waals surface area contributed by atoms with Crippen LogP contribution in [-0.4, -0.2) is 50.2 Å². The molecule has 0 amide bonds. The molecule has 0 aliphatic rings. The van der Waals surface area contributed by atoms with E-state index in [1.165, 1.54) is 12.3 Å². The first-order chi connectivity index (χ1) is 17.1. The third-order valence-corrected chi connectivity index (χ3v) is 5.87. The molecule has 3 aromatic heterocycles. The molecule has 0 N–H and O–H groups in total. The van der Waals surface area contributed by atoms with Crippen LogP contribution in [0.5, 0.6) is 5.75 Å². The SMILES string of the molecule is CSCC[C@H](N=Cc1ccccc1[O-])C(=O)[O-].[O-2].[V+4].c1cnc2c(c1)c1nccnc1c1cccnc12. The summed E-state index contributed by atoms with van der Waals surface area (Å²) in [5.74, 6) is -0.688. The maximum absolute atomic E-state index is 11.4. The number of nitrogens with zero attached hydrogens (tertiary/aromatic N) is 5. The number of thioether (sulfide) groups is 1. The minimum absolute atomic E-state index is 0. The fourth-order valence-corrected chi connectivity index (χ4v) is 4.00. The van der Waals surface area contributed by atoms with Crippen LogP contribution in [0.2, 0.25) is 0 Å². The molecule has 9 nitrogen and oxygen atoms in total. The zero-order valence-corrected chi connectivity index (χ0v) is 21.9. The van der Waals surface area contributed by atoms with Crippen molar-refractivity contribution in [1.29, 1.82) is 0 Å². The number of para-hydroxylation sites is 1. The molecule has 3 heterocycles. The van der Waals surface area contributed by atoms with Crippen molar-refractivity contribution in [2.45, 2.75) is 12.5 Å². The van der Waals surface area contributed by atoms with E-state index in [-0.39, 0.29) is 29.8 Å². The minimum Gasteiger partial charge on any atom is -2.00 e. The van der Waals surface area contributed by atoms with Gasteiger partial charge in [-0.05, 0) is 48.3 Å². The molecule has 0 unspecified atom stereocenters. The van der Waals surface area contributed by atoms with Gasteiger partial charge in [0.05, 0.1) is 34.1 Å². The number of aliphatic carboxylic acids is 1. The van der Waals surface area contributed by atoms with Gasteiger partial charge in [0, 0.05) is 41.8 Å². The Balaban J connectivity index is 0.000000248. The fourth-order valence-electron chi connectivity index (χ4n) is 3.54. The van der Waals surface area contributed by atoms with Crippen molar-refractivity contribution in [1.82, 2.24) is 19.9 Å². The Hall–Kier alpha value is -3.57. The molecule has 0 aliphatic heterocycles. The van der Waals surface area contributed by atoms with E-state index >= 15 is 0 Å². The molecule has 5 rings (SSSR count). The van der Waals surface area contributed by atoms with E-state index in [0.29, 0.717) is 17.7 Å². The number of carboxylic acid groups (broad SMARTS) is 1. The Labute approximate surface area is 229 Å². The number of benzene rings is 2. The van der Waals surface area contributed by atoms with E-state index in [1.54, 1.807) is 54.7 Å². The van der Waals surface area contributed by atoms with Gasteiger partial charge in [0.25, 0.3) is 0 Å². The summed E-state index contributed by atoms with van der Waals surface area (Å²) in [6.07, 6.45) is 10.6. The fraction of sp³-hybridized carbons (Fsp3) is 0.154. The summed E-state index contributed by atoms with van der Waals surface area (Å²) in [4.78, 5) is 32.4. The van der Waals surface area contributed by atoms with Crippen LogP contribution in [0, 0.1) is 0 Å². The molecule has 0 spiro atoms. The van der Waals surface area contributed by atoms with Gasteiger partial charge in [-0.3, -0.25) is 24.9 Å². The van der Waals surface area contributed by atoms with Gasteiger partial charge in [0.15, 0.2) is 0 Å². The van der Waals surface area contributed by atoms with E-state index in [4.69, 9.17) is 0 Å². The van der Waals surface area contributed by atoms with Crippen molar-refractivity contribution in [3.8, 4) is 5.75 Å². The van der Waals surface area contributed by atoms with Gasteiger partial charge in [-0.1, -0.05) is 24.3 Å². The third-order valence-electron chi connectivity index (χ3n) is 5.23. The van der Waals surface area contributed by atoms with Crippen molar-refractivity contribution in [3.63, 3.8) is 0 Å². The van der Waals surface area contributed by atoms with Crippen LogP contribution >= 0.6 is 11.8 Å². The van der Waals surface area contributed by atoms with Crippen LogP contribution < -0.4 is 10.2 Å². The Morgan fingerprint density at radius 2 is 1.41 bits per heavy atom. The number of pyridine rings is 2. The summed E-state index contributed by atoms with van der Waals surface area (Å²) in [7, 11) is 0. The molecule has 0 saturated heterocycles. The standard InChI is InChI=1S/C14H8N4.C12H15NO3S.O.V/c1-3-9-11(15-5-1)12-10(4-2-6-16-12)14-13(9)17-7-8-18-14;1-17-7-6-10(12(15)16)13-8-9-4-2-3-5-11(9)14;;/h1-8H;2-5,8,10,14H,6-7H2,1H3,(H,15,16);;/q;;-2;+4/p-2/t;10-;;/m.0../s1. The second-order valence-corrected chi connectivity index (χ2v) is 8.47. The first-order valence-electron chi connectivity index (χ1n) is 10.8. The summed E-state index contributed by atoms with van der Waals surface area (Å²) >= 11 is 1.55. The average molecular weight is 550 g/mol. The Bertz CT molecular complexity index is 1300. The summed E-state index contributed by atoms with van der Waals surface area (Å²) in [5, 5.41) is 24.1. The molecule has 1 radical (unpaired) electrons. The van der Waals surface area contributed by atoms with Crippen LogP contribution in [0.25, 0.3) is 32.8 Å². The molecule has 185 valence electrons. The van der Waals surface area contributed by atoms with Crippen molar-refractivity contribution in [3.05, 3.63) is 78.9 Å². The van der Waals surface area contributed by atoms with E-state index in [1.807, 2.05) is 30.5 Å². The normalized spacial score (nSPS) is 11.4. The predicted octanol–water partition coefficient (Wildman–Crippen LogP) is 2.66. The van der Waals surface area contributed by atoms with Crippen molar-refractivity contribution >= 4 is 56.8 Å². The van der Waals surface area contributed by atoms with Gasteiger partial charge in [-0.2, -0.15) is 11.8 Å². The largest absolute Gasteiger partial charge is 4.00 e. The van der Waals surface area contributed by atoms with E-state index in [9.17, 15) is 15.0 Å². The molecule has 0 bridgehead atoms. The second-order valence-electron chi connectivity index (χ2n) is 7.48. The van der Waals surface area contributed by atoms with Gasteiger partial charge in [0.1, 0.15) is 0 Å². The number of rotatable bonds is 6. The summed E-state index contributed by atoms with van der Waals surface area (Å²) < 4.78 is 0. The van der Waals surface area contributed by atoms with Gasteiger partial charge in [-0.25, -0.2) is 0 Å². The number of fused-ring (bicyclic) bond motifs is 6. The number of aliphatic imine (C=N–C) groups is 1. The van der Waals surface area contributed by atoms with E-state index in [0.717, 1.165) is 32.8 Å². The zero-order valence-electron chi connectivity index (χ0n) is 19.7. The number of hydrogen-bond donors (Lipinski definition) is 0. The van der Waals surface area contributed by atoms with Gasteiger partial charge in [-0.15, -0.1) is 5.75 Å². The van der Waals surface area contributed by atoms with Gasteiger partial charge < -0.3 is 20.5 Å². The number of aromatic nitrogens is 4. The van der Waals surface area contributed by atoms with Crippen molar-refractivity contribution < 1.29 is 39.0 Å². The molecule has 2 aromatic carbocycles. The van der Waals surface area contributed by atoms with Gasteiger partial charge >= 0.3 is 18.6 Å². The minimum atomic E-state index is -1.21. The molecule has 0 saturated carbocycles. The second kappa shape index (κ2) is 14.2. The summed E-state index contributed by atoms with van der Waals surface area (Å²) in [5.41, 5.74) is 3.90. The molecule has 11 heteroatoms. The first kappa shape index (κ1) is 29.7. The van der Waals surface area contributed by atoms with Crippen LogP contribution in [0.15, 0.2) is 78.3 Å². The topological polar surface area (TPSA) is 156 Å². The Kier molecular flexibility index (Phi) is 11.4. The van der Waals surface area contributed by atoms with Crippen molar-refractivity contribution in [2.75, 3.05) is 12.0 Å². The number of carboxylic acids is 1. The average Bonchev–Trinajstić information content (AvgIpc) is 2.90. The third kappa shape index (κ3) is 7.02. The smallest absolute Gasteiger partial charge is 2.00 e. The van der Waals surface area contributed by atoms with Crippen LogP contribution in [0.3, 0.4) is 0 Å². The molecule has 5 aromatic rings. The van der Waals surface area contributed by atoms with Crippen LogP contribution in [0.1, 0.15) is 12.0 Å². The monoisotopic (exact) mass is 550 g/mol. The maximum Gasteiger partial charge on any atom is 4.00 e. The molecule has 0 aliphatic carbocycles. The molecular weight excluding hydrogens is 529 g/mol. The van der Waals surface area contributed by atoms with E-state index < -0.39 is 12.0 Å². The Morgan fingerprint density at radius 3 is 1.89 bits per heavy atom. The number of carbonyl (C=O) groups is 1. The van der Waals surface area contributed by atoms with Crippen LogP contribution in [-0.2, 0) is 28.8 Å². The van der Waals surface area contributed by atoms with Gasteiger partial charge in [0.2, 0.25) is 0 Å². The number of hydrogen-bond acceptors (Lipinski definition) is 9.